The molecule has 0 saturated heterocycles. The van der Waals surface area contributed by atoms with E-state index in [-0.39, 0.29) is 18.2 Å². The molecule has 5 heteroatoms. The number of methoxy groups -OCH3 is 1. The molecule has 0 aliphatic carbocycles. The van der Waals surface area contributed by atoms with Crippen molar-refractivity contribution in [2.45, 2.75) is 33.1 Å². The molecule has 0 heterocycles. The molecule has 1 aromatic rings. The normalized spacial score (nSPS) is 10.0. The van der Waals surface area contributed by atoms with Crippen molar-refractivity contribution in [1.29, 1.82) is 0 Å². The molecule has 0 bridgehead atoms. The maximum atomic E-state index is 12.1. The highest BCUT2D eigenvalue weighted by atomic mass is 16.5. The highest BCUT2D eigenvalue weighted by Gasteiger charge is 2.12. The molecule has 0 spiro atoms. The maximum absolute atomic E-state index is 12.1. The van der Waals surface area contributed by atoms with Gasteiger partial charge >= 0.3 is 5.97 Å². The van der Waals surface area contributed by atoms with Gasteiger partial charge in [-0.3, -0.25) is 9.59 Å². The molecule has 1 aromatic carbocycles. The highest BCUT2D eigenvalue weighted by molar-refractivity contribution is 5.96. The summed E-state index contributed by atoms with van der Waals surface area (Å²) in [6.45, 7) is 4.80. The largest absolute Gasteiger partial charge is 0.490 e. The molecule has 21 heavy (non-hydrogen) atoms. The number of carbonyl (C=O) groups is 2. The average molecular weight is 294 g/mol. The molecule has 0 fully saturated rings. The molecular weight excluding hydrogens is 272 g/mol. The summed E-state index contributed by atoms with van der Waals surface area (Å²) in [5.41, 5.74) is 0.562. The SMILES string of the molecule is CCOc1ccc(C(=O)CCCC(=O)OC)cc1OCC. The van der Waals surface area contributed by atoms with Crippen LogP contribution in [-0.2, 0) is 9.53 Å². The molecule has 0 aliphatic heterocycles. The minimum Gasteiger partial charge on any atom is -0.490 e. The standard InChI is InChI=1S/C16H22O5/c1-4-20-14-10-9-12(11-15(14)21-5-2)13(17)7-6-8-16(18)19-3/h9-11H,4-8H2,1-3H3. The van der Waals surface area contributed by atoms with E-state index in [1.807, 2.05) is 13.8 Å². The zero-order valence-electron chi connectivity index (χ0n) is 12.8. The number of benzene rings is 1. The van der Waals surface area contributed by atoms with Crippen molar-refractivity contribution < 1.29 is 23.8 Å². The summed E-state index contributed by atoms with van der Waals surface area (Å²) in [6.07, 6.45) is 1.02. The van der Waals surface area contributed by atoms with Crippen molar-refractivity contribution >= 4 is 11.8 Å². The number of rotatable bonds is 9. The van der Waals surface area contributed by atoms with Crippen LogP contribution >= 0.6 is 0 Å². The van der Waals surface area contributed by atoms with Crippen molar-refractivity contribution in [3.8, 4) is 11.5 Å². The van der Waals surface area contributed by atoms with E-state index < -0.39 is 0 Å². The highest BCUT2D eigenvalue weighted by Crippen LogP contribution is 2.29. The molecule has 116 valence electrons. The molecule has 0 amide bonds. The summed E-state index contributed by atoms with van der Waals surface area (Å²) in [4.78, 5) is 23.1. The Balaban J connectivity index is 2.71. The first-order valence-corrected chi connectivity index (χ1v) is 7.12. The lowest BCUT2D eigenvalue weighted by Crippen LogP contribution is -2.05. The summed E-state index contributed by atoms with van der Waals surface area (Å²) >= 11 is 0. The summed E-state index contributed by atoms with van der Waals surface area (Å²) < 4.78 is 15.5. The van der Waals surface area contributed by atoms with Gasteiger partial charge in [0.2, 0.25) is 0 Å². The average Bonchev–Trinajstić information content (AvgIpc) is 2.49. The Hall–Kier alpha value is -2.04. The lowest BCUT2D eigenvalue weighted by molar-refractivity contribution is -0.140. The van der Waals surface area contributed by atoms with Gasteiger partial charge in [-0.15, -0.1) is 0 Å². The van der Waals surface area contributed by atoms with Crippen molar-refractivity contribution in [1.82, 2.24) is 0 Å². The molecule has 0 unspecified atom stereocenters. The van der Waals surface area contributed by atoms with Crippen molar-refractivity contribution in [3.63, 3.8) is 0 Å². The van der Waals surface area contributed by atoms with Crippen LogP contribution in [-0.4, -0.2) is 32.1 Å². The van der Waals surface area contributed by atoms with E-state index in [0.717, 1.165) is 0 Å². The third-order valence-electron chi connectivity index (χ3n) is 2.88. The molecular formula is C16H22O5. The van der Waals surface area contributed by atoms with E-state index in [1.165, 1.54) is 7.11 Å². The monoisotopic (exact) mass is 294 g/mol. The van der Waals surface area contributed by atoms with Crippen LogP contribution in [0.25, 0.3) is 0 Å². The van der Waals surface area contributed by atoms with E-state index in [9.17, 15) is 9.59 Å². The molecule has 0 saturated carbocycles. The lowest BCUT2D eigenvalue weighted by Gasteiger charge is -2.12. The van der Waals surface area contributed by atoms with Crippen LogP contribution in [0.4, 0.5) is 0 Å². The van der Waals surface area contributed by atoms with Crippen molar-refractivity contribution in [2.75, 3.05) is 20.3 Å². The Morgan fingerprint density at radius 2 is 1.67 bits per heavy atom. The third kappa shape index (κ3) is 5.45. The topological polar surface area (TPSA) is 61.8 Å². The van der Waals surface area contributed by atoms with E-state index in [4.69, 9.17) is 9.47 Å². The second-order valence-corrected chi connectivity index (χ2v) is 4.38. The van der Waals surface area contributed by atoms with Crippen LogP contribution in [0.3, 0.4) is 0 Å². The zero-order valence-corrected chi connectivity index (χ0v) is 12.8. The number of ketones is 1. The van der Waals surface area contributed by atoms with Gasteiger partial charge < -0.3 is 14.2 Å². The van der Waals surface area contributed by atoms with Crippen LogP contribution in [0, 0.1) is 0 Å². The number of carbonyl (C=O) groups excluding carboxylic acids is 2. The molecule has 0 aromatic heterocycles. The van der Waals surface area contributed by atoms with Gasteiger partial charge in [0.05, 0.1) is 20.3 Å². The van der Waals surface area contributed by atoms with Gasteiger partial charge in [0, 0.05) is 18.4 Å². The molecule has 0 radical (unpaired) electrons. The lowest BCUT2D eigenvalue weighted by atomic mass is 10.0. The van der Waals surface area contributed by atoms with Gasteiger partial charge in [0.1, 0.15) is 0 Å². The van der Waals surface area contributed by atoms with Crippen LogP contribution in [0.15, 0.2) is 18.2 Å². The van der Waals surface area contributed by atoms with Gasteiger partial charge in [-0.2, -0.15) is 0 Å². The van der Waals surface area contributed by atoms with Crippen LogP contribution < -0.4 is 9.47 Å². The van der Waals surface area contributed by atoms with Gasteiger partial charge in [0.15, 0.2) is 17.3 Å². The van der Waals surface area contributed by atoms with Gasteiger partial charge in [-0.05, 0) is 38.5 Å². The summed E-state index contributed by atoms with van der Waals surface area (Å²) in [7, 11) is 1.34. The Morgan fingerprint density at radius 3 is 2.29 bits per heavy atom. The fourth-order valence-corrected chi connectivity index (χ4v) is 1.86. The number of Topliss-reactive ketones (excluding diaryl/α,β-unsaturated/α-hetero) is 1. The minimum atomic E-state index is -0.301. The van der Waals surface area contributed by atoms with Gasteiger partial charge in [0.25, 0.3) is 0 Å². The Kier molecular flexibility index (Phi) is 7.29. The third-order valence-corrected chi connectivity index (χ3v) is 2.88. The number of esters is 1. The van der Waals surface area contributed by atoms with Crippen LogP contribution in [0.2, 0.25) is 0 Å². The van der Waals surface area contributed by atoms with E-state index >= 15 is 0 Å². The Labute approximate surface area is 125 Å². The molecule has 5 nitrogen and oxygen atoms in total. The predicted octanol–water partition coefficient (Wildman–Crippen LogP) is 3.01. The Morgan fingerprint density at radius 1 is 1.00 bits per heavy atom. The predicted molar refractivity (Wildman–Crippen MR) is 79.0 cm³/mol. The fraction of sp³-hybridized carbons (Fsp3) is 0.500. The number of ether oxygens (including phenoxy) is 3. The quantitative estimate of drug-likeness (QED) is 0.517. The number of hydrogen-bond donors (Lipinski definition) is 0. The Bertz CT molecular complexity index is 482. The molecule has 1 rings (SSSR count). The zero-order chi connectivity index (χ0) is 15.7. The minimum absolute atomic E-state index is 0.0251. The second kappa shape index (κ2) is 9.00. The maximum Gasteiger partial charge on any atom is 0.305 e. The number of hydrogen-bond acceptors (Lipinski definition) is 5. The van der Waals surface area contributed by atoms with E-state index in [1.54, 1.807) is 18.2 Å². The molecule has 0 N–H and O–H groups in total. The second-order valence-electron chi connectivity index (χ2n) is 4.38. The summed E-state index contributed by atoms with van der Waals surface area (Å²) in [5.74, 6) is 0.871. The fourth-order valence-electron chi connectivity index (χ4n) is 1.86. The van der Waals surface area contributed by atoms with Crippen LogP contribution in [0.5, 0.6) is 11.5 Å². The first-order valence-electron chi connectivity index (χ1n) is 7.12. The van der Waals surface area contributed by atoms with E-state index in [2.05, 4.69) is 4.74 Å². The molecule has 0 aliphatic rings. The van der Waals surface area contributed by atoms with Crippen molar-refractivity contribution in [2.24, 2.45) is 0 Å². The van der Waals surface area contributed by atoms with Gasteiger partial charge in [-0.25, -0.2) is 0 Å². The van der Waals surface area contributed by atoms with E-state index in [0.29, 0.717) is 43.1 Å². The smallest absolute Gasteiger partial charge is 0.305 e. The van der Waals surface area contributed by atoms with Gasteiger partial charge in [-0.1, -0.05) is 0 Å². The van der Waals surface area contributed by atoms with Crippen molar-refractivity contribution in [3.05, 3.63) is 23.8 Å². The molecule has 0 atom stereocenters. The first-order chi connectivity index (χ1) is 10.1. The first kappa shape index (κ1) is 17.0. The van der Waals surface area contributed by atoms with Crippen LogP contribution in [0.1, 0.15) is 43.5 Å². The summed E-state index contributed by atoms with van der Waals surface area (Å²) in [5, 5.41) is 0. The summed E-state index contributed by atoms with van der Waals surface area (Å²) in [6, 6.07) is 5.14.